The number of rotatable bonds is 2. The molecule has 1 aliphatic rings. The lowest BCUT2D eigenvalue weighted by molar-refractivity contribution is 0.295. The highest BCUT2D eigenvalue weighted by atomic mass is 35.5. The van der Waals surface area contributed by atoms with Crippen molar-refractivity contribution in [1.82, 2.24) is 4.90 Å². The summed E-state index contributed by atoms with van der Waals surface area (Å²) in [6.07, 6.45) is 0. The fourth-order valence-corrected chi connectivity index (χ4v) is 3.72. The fourth-order valence-electron chi connectivity index (χ4n) is 2.97. The minimum Gasteiger partial charge on any atom is -0.301 e. The van der Waals surface area contributed by atoms with E-state index < -0.39 is 0 Å². The summed E-state index contributed by atoms with van der Waals surface area (Å²) in [6.45, 7) is 1.82. The molecule has 0 saturated carbocycles. The molecule has 0 N–H and O–H groups in total. The molecule has 0 spiro atoms. The smallest absolute Gasteiger partial charge is 0.0474 e. The second kappa shape index (κ2) is 6.18. The van der Waals surface area contributed by atoms with Gasteiger partial charge in [0, 0.05) is 34.9 Å². The van der Waals surface area contributed by atoms with E-state index in [1.807, 2.05) is 6.07 Å². The van der Waals surface area contributed by atoms with E-state index >= 15 is 0 Å². The molecule has 0 aliphatic carbocycles. The number of halogens is 3. The number of benzene rings is 2. The zero-order valence-electron chi connectivity index (χ0n) is 11.7. The van der Waals surface area contributed by atoms with Gasteiger partial charge in [-0.2, -0.15) is 0 Å². The molecular weight excluding hydrogens is 325 g/mol. The van der Waals surface area contributed by atoms with Crippen molar-refractivity contribution in [3.05, 3.63) is 68.7 Å². The lowest BCUT2D eigenvalue weighted by Gasteiger charge is -2.33. The van der Waals surface area contributed by atoms with Crippen LogP contribution in [0.15, 0.2) is 36.4 Å². The Hall–Kier alpha value is -0.730. The SMILES string of the molecule is CN1Cc2c(Cl)cc(Cl)cc2C(c2ccc(CCl)cc2)C1. The fraction of sp³-hybridized carbons (Fsp3) is 0.294. The molecule has 0 fully saturated rings. The van der Waals surface area contributed by atoms with Crippen molar-refractivity contribution in [2.24, 2.45) is 0 Å². The Balaban J connectivity index is 2.07. The van der Waals surface area contributed by atoms with Crippen LogP contribution in [0.3, 0.4) is 0 Å². The van der Waals surface area contributed by atoms with Crippen molar-refractivity contribution < 1.29 is 0 Å². The minimum absolute atomic E-state index is 0.291. The van der Waals surface area contributed by atoms with Crippen molar-refractivity contribution >= 4 is 34.8 Å². The molecule has 21 heavy (non-hydrogen) atoms. The summed E-state index contributed by atoms with van der Waals surface area (Å²) < 4.78 is 0. The van der Waals surface area contributed by atoms with E-state index in [1.54, 1.807) is 0 Å². The Bertz CT molecular complexity index is 652. The largest absolute Gasteiger partial charge is 0.301 e. The minimum atomic E-state index is 0.291. The monoisotopic (exact) mass is 339 g/mol. The molecule has 0 radical (unpaired) electrons. The summed E-state index contributed by atoms with van der Waals surface area (Å²) in [7, 11) is 2.12. The third-order valence-corrected chi connectivity index (χ3v) is 4.89. The van der Waals surface area contributed by atoms with E-state index in [1.165, 1.54) is 16.7 Å². The topological polar surface area (TPSA) is 3.24 Å². The van der Waals surface area contributed by atoms with Gasteiger partial charge < -0.3 is 4.90 Å². The maximum Gasteiger partial charge on any atom is 0.0474 e. The molecule has 2 aromatic rings. The van der Waals surface area contributed by atoms with Crippen molar-refractivity contribution in [1.29, 1.82) is 0 Å². The van der Waals surface area contributed by atoms with Crippen LogP contribution in [0.25, 0.3) is 0 Å². The second-order valence-corrected chi connectivity index (χ2v) is 6.69. The summed E-state index contributed by atoms with van der Waals surface area (Å²) in [5.41, 5.74) is 4.83. The van der Waals surface area contributed by atoms with Crippen LogP contribution < -0.4 is 0 Å². The van der Waals surface area contributed by atoms with E-state index in [2.05, 4.69) is 42.3 Å². The number of alkyl halides is 1. The molecule has 2 aromatic carbocycles. The molecule has 0 bridgehead atoms. The van der Waals surface area contributed by atoms with Crippen molar-refractivity contribution in [3.63, 3.8) is 0 Å². The van der Waals surface area contributed by atoms with Gasteiger partial charge in [0.25, 0.3) is 0 Å². The predicted molar refractivity (Wildman–Crippen MR) is 90.6 cm³/mol. The highest BCUT2D eigenvalue weighted by Gasteiger charge is 2.26. The van der Waals surface area contributed by atoms with Gasteiger partial charge in [-0.1, -0.05) is 47.5 Å². The Labute approximate surface area is 140 Å². The van der Waals surface area contributed by atoms with Gasteiger partial charge in [-0.3, -0.25) is 0 Å². The highest BCUT2D eigenvalue weighted by Crippen LogP contribution is 2.38. The molecule has 110 valence electrons. The van der Waals surface area contributed by atoms with Crippen LogP contribution in [-0.2, 0) is 12.4 Å². The number of hydrogen-bond acceptors (Lipinski definition) is 1. The van der Waals surface area contributed by atoms with Gasteiger partial charge in [0.2, 0.25) is 0 Å². The van der Waals surface area contributed by atoms with Crippen LogP contribution >= 0.6 is 34.8 Å². The summed E-state index contributed by atoms with van der Waals surface area (Å²) in [5.74, 6) is 0.832. The van der Waals surface area contributed by atoms with Gasteiger partial charge >= 0.3 is 0 Å². The Morgan fingerprint density at radius 3 is 2.52 bits per heavy atom. The molecule has 0 amide bonds. The van der Waals surface area contributed by atoms with Crippen LogP contribution in [0.2, 0.25) is 10.0 Å². The first-order valence-corrected chi connectivity index (χ1v) is 8.18. The normalized spacial score (nSPS) is 18.6. The van der Waals surface area contributed by atoms with E-state index in [4.69, 9.17) is 34.8 Å². The molecule has 1 heterocycles. The highest BCUT2D eigenvalue weighted by molar-refractivity contribution is 6.35. The zero-order valence-corrected chi connectivity index (χ0v) is 14.0. The number of nitrogens with zero attached hydrogens (tertiary/aromatic N) is 1. The molecule has 3 rings (SSSR count). The van der Waals surface area contributed by atoms with Gasteiger partial charge in [0.1, 0.15) is 0 Å². The van der Waals surface area contributed by atoms with Crippen LogP contribution in [-0.4, -0.2) is 18.5 Å². The van der Waals surface area contributed by atoms with Crippen molar-refractivity contribution in [2.45, 2.75) is 18.3 Å². The second-order valence-electron chi connectivity index (χ2n) is 5.58. The molecular formula is C17H16Cl3N. The average molecular weight is 341 g/mol. The van der Waals surface area contributed by atoms with Crippen LogP contribution in [0.4, 0.5) is 0 Å². The Morgan fingerprint density at radius 1 is 1.14 bits per heavy atom. The van der Waals surface area contributed by atoms with Crippen molar-refractivity contribution in [3.8, 4) is 0 Å². The Morgan fingerprint density at radius 2 is 1.86 bits per heavy atom. The van der Waals surface area contributed by atoms with Crippen LogP contribution in [0, 0.1) is 0 Å². The van der Waals surface area contributed by atoms with E-state index in [0.29, 0.717) is 16.8 Å². The maximum absolute atomic E-state index is 6.38. The maximum atomic E-state index is 6.38. The first-order valence-electron chi connectivity index (χ1n) is 6.89. The van der Waals surface area contributed by atoms with E-state index in [-0.39, 0.29) is 0 Å². The lowest BCUT2D eigenvalue weighted by atomic mass is 9.84. The third kappa shape index (κ3) is 3.07. The predicted octanol–water partition coefficient (Wildman–Crippen LogP) is 5.31. The van der Waals surface area contributed by atoms with Gasteiger partial charge in [-0.25, -0.2) is 0 Å². The zero-order chi connectivity index (χ0) is 15.0. The number of likely N-dealkylation sites (N-methyl/N-ethyl adjacent to an activating group) is 1. The molecule has 1 unspecified atom stereocenters. The molecule has 4 heteroatoms. The van der Waals surface area contributed by atoms with Crippen LogP contribution in [0.5, 0.6) is 0 Å². The summed E-state index contributed by atoms with van der Waals surface area (Å²) >= 11 is 18.5. The number of fused-ring (bicyclic) bond motifs is 1. The quantitative estimate of drug-likeness (QED) is 0.670. The average Bonchev–Trinajstić information content (AvgIpc) is 2.47. The summed E-state index contributed by atoms with van der Waals surface area (Å²) in [4.78, 5) is 2.29. The molecule has 1 aliphatic heterocycles. The summed E-state index contributed by atoms with van der Waals surface area (Å²) in [5, 5.41) is 1.46. The standard InChI is InChI=1S/C17H16Cl3N/c1-21-9-15(12-4-2-11(8-18)3-5-12)14-6-13(19)7-17(20)16(14)10-21/h2-7,15H,8-10H2,1H3. The first-order chi connectivity index (χ1) is 10.1. The molecule has 0 saturated heterocycles. The van der Waals surface area contributed by atoms with Gasteiger partial charge in [-0.05, 0) is 41.4 Å². The Kier molecular flexibility index (Phi) is 4.46. The van der Waals surface area contributed by atoms with Crippen molar-refractivity contribution in [2.75, 3.05) is 13.6 Å². The van der Waals surface area contributed by atoms with Gasteiger partial charge in [0.15, 0.2) is 0 Å². The van der Waals surface area contributed by atoms with Gasteiger partial charge in [-0.15, -0.1) is 11.6 Å². The number of hydrogen-bond donors (Lipinski definition) is 0. The third-order valence-electron chi connectivity index (χ3n) is 4.03. The lowest BCUT2D eigenvalue weighted by Crippen LogP contribution is -2.31. The van der Waals surface area contributed by atoms with Gasteiger partial charge in [0.05, 0.1) is 0 Å². The first kappa shape index (κ1) is 15.2. The van der Waals surface area contributed by atoms with E-state index in [0.717, 1.165) is 23.7 Å². The summed E-state index contributed by atoms with van der Waals surface area (Å²) in [6, 6.07) is 12.4. The molecule has 1 atom stereocenters. The van der Waals surface area contributed by atoms with E-state index in [9.17, 15) is 0 Å². The van der Waals surface area contributed by atoms with Crippen LogP contribution in [0.1, 0.15) is 28.2 Å². The molecule has 1 nitrogen and oxygen atoms in total. The molecule has 0 aromatic heterocycles.